The zero-order valence-corrected chi connectivity index (χ0v) is 11.4. The summed E-state index contributed by atoms with van der Waals surface area (Å²) in [6.45, 7) is 3.71. The highest BCUT2D eigenvalue weighted by Crippen LogP contribution is 2.31. The third-order valence-electron chi connectivity index (χ3n) is 3.74. The lowest BCUT2D eigenvalue weighted by atomic mass is 9.85. The van der Waals surface area contributed by atoms with Crippen LogP contribution < -0.4 is 4.74 Å². The van der Waals surface area contributed by atoms with E-state index in [1.54, 1.807) is 0 Å². The lowest BCUT2D eigenvalue weighted by molar-refractivity contribution is 0.278. The summed E-state index contributed by atoms with van der Waals surface area (Å²) in [5, 5.41) is 0. The van der Waals surface area contributed by atoms with Crippen LogP contribution in [-0.4, -0.2) is 16.2 Å². The summed E-state index contributed by atoms with van der Waals surface area (Å²) < 4.78 is 8.67. The number of fused-ring (bicyclic) bond motifs is 1. The molecule has 0 spiro atoms. The summed E-state index contributed by atoms with van der Waals surface area (Å²) in [4.78, 5) is 3.29. The van der Waals surface area contributed by atoms with E-state index in [1.807, 2.05) is 19.1 Å². The van der Waals surface area contributed by atoms with Gasteiger partial charge in [-0.25, -0.2) is 0 Å². The number of hydrogen-bond acceptors (Lipinski definition) is 2. The second-order valence-electron chi connectivity index (χ2n) is 4.92. The molecule has 1 aromatic heterocycles. The van der Waals surface area contributed by atoms with Crippen molar-refractivity contribution >= 4 is 23.3 Å². The second-order valence-corrected chi connectivity index (χ2v) is 5.31. The van der Waals surface area contributed by atoms with E-state index >= 15 is 0 Å². The van der Waals surface area contributed by atoms with Crippen molar-refractivity contribution in [3.8, 4) is 5.75 Å². The van der Waals surface area contributed by atoms with Gasteiger partial charge in [0, 0.05) is 6.54 Å². The molecular weight excluding hydrogens is 244 g/mol. The van der Waals surface area contributed by atoms with Gasteiger partial charge in [0.2, 0.25) is 0 Å². The molecule has 0 unspecified atom stereocenters. The van der Waals surface area contributed by atoms with Crippen LogP contribution in [0, 0.1) is 10.7 Å². The molecule has 1 fully saturated rings. The van der Waals surface area contributed by atoms with E-state index < -0.39 is 0 Å². The van der Waals surface area contributed by atoms with Crippen LogP contribution in [0.3, 0.4) is 0 Å². The fourth-order valence-corrected chi connectivity index (χ4v) is 2.82. The minimum atomic E-state index is 0.674. The van der Waals surface area contributed by atoms with Gasteiger partial charge in [-0.1, -0.05) is 12.5 Å². The third kappa shape index (κ3) is 1.94. The van der Waals surface area contributed by atoms with Crippen LogP contribution in [-0.2, 0) is 6.54 Å². The van der Waals surface area contributed by atoms with E-state index in [2.05, 4.69) is 15.6 Å². The standard InChI is InChI=1S/C14H18N2OS/c1-2-17-12-8-4-7-11-13(12)15-14(18)16(11)9-10-5-3-6-10/h4,7-8,10H,2-3,5-6,9H2,1H3,(H,15,18). The number of para-hydroxylation sites is 1. The highest BCUT2D eigenvalue weighted by Gasteiger charge is 2.19. The van der Waals surface area contributed by atoms with E-state index in [-0.39, 0.29) is 0 Å². The van der Waals surface area contributed by atoms with E-state index in [0.717, 1.165) is 34.0 Å². The zero-order chi connectivity index (χ0) is 12.5. The van der Waals surface area contributed by atoms with Crippen LogP contribution in [0.2, 0.25) is 0 Å². The highest BCUT2D eigenvalue weighted by atomic mass is 32.1. The third-order valence-corrected chi connectivity index (χ3v) is 4.06. The molecule has 0 atom stereocenters. The molecule has 1 N–H and O–H groups in total. The Hall–Kier alpha value is -1.29. The van der Waals surface area contributed by atoms with E-state index in [9.17, 15) is 0 Å². The van der Waals surface area contributed by atoms with Gasteiger partial charge in [-0.3, -0.25) is 0 Å². The Labute approximate surface area is 112 Å². The first kappa shape index (κ1) is 11.8. The van der Waals surface area contributed by atoms with Crippen molar-refractivity contribution in [1.82, 2.24) is 9.55 Å². The van der Waals surface area contributed by atoms with E-state index in [0.29, 0.717) is 6.61 Å². The predicted octanol–water partition coefficient (Wildman–Crippen LogP) is 3.90. The Morgan fingerprint density at radius 3 is 2.94 bits per heavy atom. The van der Waals surface area contributed by atoms with Gasteiger partial charge in [0.25, 0.3) is 0 Å². The number of aromatic amines is 1. The van der Waals surface area contributed by atoms with Crippen molar-refractivity contribution in [3.05, 3.63) is 23.0 Å². The monoisotopic (exact) mass is 262 g/mol. The number of rotatable bonds is 4. The van der Waals surface area contributed by atoms with E-state index in [1.165, 1.54) is 19.3 Å². The van der Waals surface area contributed by atoms with Crippen LogP contribution >= 0.6 is 12.2 Å². The summed E-state index contributed by atoms with van der Waals surface area (Å²) >= 11 is 5.44. The number of ether oxygens (including phenoxy) is 1. The first-order valence-corrected chi connectivity index (χ1v) is 7.04. The van der Waals surface area contributed by atoms with Crippen LogP contribution in [0.25, 0.3) is 11.0 Å². The maximum atomic E-state index is 5.64. The van der Waals surface area contributed by atoms with Crippen molar-refractivity contribution in [2.24, 2.45) is 5.92 Å². The molecule has 1 aromatic carbocycles. The van der Waals surface area contributed by atoms with Crippen LogP contribution in [0.15, 0.2) is 18.2 Å². The summed E-state index contributed by atoms with van der Waals surface area (Å²) in [5.41, 5.74) is 2.20. The van der Waals surface area contributed by atoms with Crippen molar-refractivity contribution in [2.45, 2.75) is 32.7 Å². The lowest BCUT2D eigenvalue weighted by Crippen LogP contribution is -2.17. The minimum absolute atomic E-state index is 0.674. The number of aromatic nitrogens is 2. The molecule has 18 heavy (non-hydrogen) atoms. The molecule has 1 saturated carbocycles. The van der Waals surface area contributed by atoms with Crippen molar-refractivity contribution in [1.29, 1.82) is 0 Å². The molecule has 0 amide bonds. The highest BCUT2D eigenvalue weighted by molar-refractivity contribution is 7.71. The summed E-state index contributed by atoms with van der Waals surface area (Å²) in [6.07, 6.45) is 4.03. The largest absolute Gasteiger partial charge is 0.492 e. The van der Waals surface area contributed by atoms with Gasteiger partial charge in [-0.2, -0.15) is 0 Å². The van der Waals surface area contributed by atoms with Crippen LogP contribution in [0.4, 0.5) is 0 Å². The summed E-state index contributed by atoms with van der Waals surface area (Å²) in [5.74, 6) is 1.69. The first-order chi connectivity index (χ1) is 8.79. The van der Waals surface area contributed by atoms with Crippen molar-refractivity contribution in [3.63, 3.8) is 0 Å². The molecule has 3 nitrogen and oxygen atoms in total. The van der Waals surface area contributed by atoms with E-state index in [4.69, 9.17) is 17.0 Å². The number of H-pyrrole nitrogens is 1. The van der Waals surface area contributed by atoms with Gasteiger partial charge < -0.3 is 14.3 Å². The number of hydrogen-bond donors (Lipinski definition) is 1. The van der Waals surface area contributed by atoms with Crippen LogP contribution in [0.5, 0.6) is 5.75 Å². The fraction of sp³-hybridized carbons (Fsp3) is 0.500. The van der Waals surface area contributed by atoms with Crippen LogP contribution in [0.1, 0.15) is 26.2 Å². The van der Waals surface area contributed by atoms with Crippen molar-refractivity contribution in [2.75, 3.05) is 6.61 Å². The molecule has 1 aliphatic carbocycles. The lowest BCUT2D eigenvalue weighted by Gasteiger charge is -2.25. The van der Waals surface area contributed by atoms with Gasteiger partial charge in [-0.15, -0.1) is 0 Å². The number of nitrogens with zero attached hydrogens (tertiary/aromatic N) is 1. The smallest absolute Gasteiger partial charge is 0.178 e. The Bertz CT molecular complexity index is 610. The zero-order valence-electron chi connectivity index (χ0n) is 10.6. The van der Waals surface area contributed by atoms with Gasteiger partial charge in [0.15, 0.2) is 4.77 Å². The SMILES string of the molecule is CCOc1cccc2c1[nH]c(=S)n2CC1CCC1. The Kier molecular flexibility index (Phi) is 3.12. The number of imidazole rings is 1. The quantitative estimate of drug-likeness (QED) is 0.847. The Morgan fingerprint density at radius 2 is 2.28 bits per heavy atom. The fourth-order valence-electron chi connectivity index (χ4n) is 2.54. The molecule has 0 radical (unpaired) electrons. The molecule has 96 valence electrons. The predicted molar refractivity (Wildman–Crippen MR) is 75.6 cm³/mol. The molecule has 0 bridgehead atoms. The van der Waals surface area contributed by atoms with Gasteiger partial charge >= 0.3 is 0 Å². The molecule has 0 aliphatic heterocycles. The maximum Gasteiger partial charge on any atom is 0.178 e. The molecule has 0 saturated heterocycles. The molecule has 1 aliphatic rings. The number of nitrogens with one attached hydrogen (secondary N) is 1. The average molecular weight is 262 g/mol. The normalized spacial score (nSPS) is 15.8. The Morgan fingerprint density at radius 1 is 1.44 bits per heavy atom. The Balaban J connectivity index is 2.05. The summed E-state index contributed by atoms with van der Waals surface area (Å²) in [6, 6.07) is 6.14. The minimum Gasteiger partial charge on any atom is -0.492 e. The molecule has 1 heterocycles. The summed E-state index contributed by atoms with van der Waals surface area (Å²) in [7, 11) is 0. The molecular formula is C14H18N2OS. The maximum absolute atomic E-state index is 5.64. The molecule has 2 aromatic rings. The number of benzene rings is 1. The second kappa shape index (κ2) is 4.76. The molecule has 4 heteroatoms. The van der Waals surface area contributed by atoms with Crippen molar-refractivity contribution < 1.29 is 4.74 Å². The first-order valence-electron chi connectivity index (χ1n) is 6.64. The molecule has 3 rings (SSSR count). The van der Waals surface area contributed by atoms with Gasteiger partial charge in [-0.05, 0) is 50.0 Å². The van der Waals surface area contributed by atoms with Gasteiger partial charge in [0.1, 0.15) is 11.3 Å². The van der Waals surface area contributed by atoms with Gasteiger partial charge in [0.05, 0.1) is 12.1 Å². The topological polar surface area (TPSA) is 29.9 Å². The average Bonchev–Trinajstić information content (AvgIpc) is 2.62.